The van der Waals surface area contributed by atoms with Crippen molar-refractivity contribution >= 4 is 11.7 Å². The maximum absolute atomic E-state index is 12.0. The highest BCUT2D eigenvalue weighted by molar-refractivity contribution is 5.94. The minimum absolute atomic E-state index is 0.0443. The molecule has 2 rings (SSSR count). The first-order chi connectivity index (χ1) is 11.5. The van der Waals surface area contributed by atoms with Gasteiger partial charge in [-0.1, -0.05) is 12.1 Å². The molecule has 0 saturated heterocycles. The summed E-state index contributed by atoms with van der Waals surface area (Å²) >= 11 is 0. The Kier molecular flexibility index (Phi) is 6.14. The predicted octanol–water partition coefficient (Wildman–Crippen LogP) is 2.28. The van der Waals surface area contributed by atoms with Crippen molar-refractivity contribution in [3.8, 4) is 5.75 Å². The van der Waals surface area contributed by atoms with Gasteiger partial charge in [0, 0.05) is 12.1 Å². The zero-order valence-electron chi connectivity index (χ0n) is 14.1. The summed E-state index contributed by atoms with van der Waals surface area (Å²) in [6, 6.07) is 10.4. The molecule has 0 fully saturated rings. The molecule has 6 nitrogen and oxygen atoms in total. The van der Waals surface area contributed by atoms with Gasteiger partial charge < -0.3 is 14.5 Å². The van der Waals surface area contributed by atoms with Crippen molar-refractivity contribution in [2.45, 2.75) is 13.0 Å². The van der Waals surface area contributed by atoms with Crippen LogP contribution in [-0.2, 0) is 4.79 Å². The summed E-state index contributed by atoms with van der Waals surface area (Å²) in [4.78, 5) is 25.3. The Morgan fingerprint density at radius 2 is 2.04 bits per heavy atom. The SMILES string of the molecule is CC(=O)c1cccc(OCC(=O)NCC(c2ccco2)N(C)C)c1. The topological polar surface area (TPSA) is 71.8 Å². The Morgan fingerprint density at radius 1 is 1.25 bits per heavy atom. The third-order valence-electron chi connectivity index (χ3n) is 3.60. The molecule has 0 aliphatic carbocycles. The van der Waals surface area contributed by atoms with E-state index in [0.29, 0.717) is 17.9 Å². The van der Waals surface area contributed by atoms with Gasteiger partial charge in [0.15, 0.2) is 12.4 Å². The Bertz CT molecular complexity index is 680. The highest BCUT2D eigenvalue weighted by Crippen LogP contribution is 2.17. The average Bonchev–Trinajstić information content (AvgIpc) is 3.07. The van der Waals surface area contributed by atoms with Gasteiger partial charge in [0.25, 0.3) is 5.91 Å². The van der Waals surface area contributed by atoms with Gasteiger partial charge >= 0.3 is 0 Å². The third-order valence-corrected chi connectivity index (χ3v) is 3.60. The van der Waals surface area contributed by atoms with Crippen LogP contribution in [0.5, 0.6) is 5.75 Å². The summed E-state index contributed by atoms with van der Waals surface area (Å²) in [5, 5.41) is 2.83. The number of nitrogens with one attached hydrogen (secondary N) is 1. The zero-order valence-corrected chi connectivity index (χ0v) is 14.1. The Balaban J connectivity index is 1.85. The normalized spacial score (nSPS) is 12.0. The zero-order chi connectivity index (χ0) is 17.5. The van der Waals surface area contributed by atoms with Crippen molar-refractivity contribution in [2.75, 3.05) is 27.2 Å². The number of Topliss-reactive ketones (excluding diaryl/α,β-unsaturated/α-hetero) is 1. The van der Waals surface area contributed by atoms with Crippen LogP contribution in [0, 0.1) is 0 Å². The number of ether oxygens (including phenoxy) is 1. The lowest BCUT2D eigenvalue weighted by molar-refractivity contribution is -0.123. The van der Waals surface area contributed by atoms with E-state index in [2.05, 4.69) is 5.32 Å². The van der Waals surface area contributed by atoms with E-state index in [9.17, 15) is 9.59 Å². The summed E-state index contributed by atoms with van der Waals surface area (Å²) in [6.07, 6.45) is 1.61. The minimum atomic E-state index is -0.235. The fourth-order valence-electron chi connectivity index (χ4n) is 2.23. The molecule has 1 amide bonds. The molecule has 0 spiro atoms. The number of amides is 1. The van der Waals surface area contributed by atoms with Gasteiger partial charge in [0.1, 0.15) is 11.5 Å². The van der Waals surface area contributed by atoms with E-state index in [1.165, 1.54) is 6.92 Å². The smallest absolute Gasteiger partial charge is 0.258 e. The first-order valence-corrected chi connectivity index (χ1v) is 7.67. The number of hydrogen-bond donors (Lipinski definition) is 1. The molecule has 0 aliphatic heterocycles. The molecule has 1 unspecified atom stereocenters. The van der Waals surface area contributed by atoms with Crippen molar-refractivity contribution in [3.63, 3.8) is 0 Å². The quantitative estimate of drug-likeness (QED) is 0.752. The number of ketones is 1. The first-order valence-electron chi connectivity index (χ1n) is 7.67. The Morgan fingerprint density at radius 3 is 2.67 bits per heavy atom. The lowest BCUT2D eigenvalue weighted by Crippen LogP contribution is -2.36. The third kappa shape index (κ3) is 4.96. The van der Waals surface area contributed by atoms with E-state index in [1.54, 1.807) is 30.5 Å². The summed E-state index contributed by atoms with van der Waals surface area (Å²) < 4.78 is 10.8. The number of likely N-dealkylation sites (N-methyl/N-ethyl adjacent to an activating group) is 1. The van der Waals surface area contributed by atoms with Crippen molar-refractivity contribution in [1.29, 1.82) is 0 Å². The van der Waals surface area contributed by atoms with Crippen LogP contribution in [0.2, 0.25) is 0 Å². The van der Waals surface area contributed by atoms with Gasteiger partial charge in [-0.05, 0) is 45.3 Å². The highest BCUT2D eigenvalue weighted by atomic mass is 16.5. The van der Waals surface area contributed by atoms with Crippen molar-refractivity contribution < 1.29 is 18.7 Å². The van der Waals surface area contributed by atoms with Crippen LogP contribution in [0.15, 0.2) is 47.1 Å². The largest absolute Gasteiger partial charge is 0.484 e. The van der Waals surface area contributed by atoms with Crippen molar-refractivity contribution in [1.82, 2.24) is 10.2 Å². The fraction of sp³-hybridized carbons (Fsp3) is 0.333. The van der Waals surface area contributed by atoms with E-state index in [1.807, 2.05) is 31.1 Å². The lowest BCUT2D eigenvalue weighted by Gasteiger charge is -2.22. The number of rotatable bonds is 8. The van der Waals surface area contributed by atoms with Gasteiger partial charge in [0.2, 0.25) is 0 Å². The van der Waals surface area contributed by atoms with Gasteiger partial charge in [0.05, 0.1) is 12.3 Å². The molecule has 0 radical (unpaired) electrons. The Hall–Kier alpha value is -2.60. The minimum Gasteiger partial charge on any atom is -0.484 e. The van der Waals surface area contributed by atoms with Gasteiger partial charge in [-0.3, -0.25) is 14.5 Å². The van der Waals surface area contributed by atoms with Crippen LogP contribution in [-0.4, -0.2) is 43.8 Å². The first kappa shape index (κ1) is 17.7. The second-order valence-corrected chi connectivity index (χ2v) is 5.67. The molecule has 2 aromatic rings. The summed E-state index contributed by atoms with van der Waals surface area (Å²) in [5.41, 5.74) is 0.554. The number of carbonyl (C=O) groups excluding carboxylic acids is 2. The molecule has 1 aromatic heterocycles. The summed E-state index contributed by atoms with van der Waals surface area (Å²) in [5.74, 6) is 1.00. The molecular weight excluding hydrogens is 308 g/mol. The molecule has 128 valence electrons. The molecule has 6 heteroatoms. The maximum atomic E-state index is 12.0. The second kappa shape index (κ2) is 8.31. The van der Waals surface area contributed by atoms with Gasteiger partial charge in [-0.15, -0.1) is 0 Å². The van der Waals surface area contributed by atoms with E-state index in [0.717, 1.165) is 5.76 Å². The van der Waals surface area contributed by atoms with Crippen LogP contribution in [0.1, 0.15) is 29.1 Å². The number of carbonyl (C=O) groups is 2. The maximum Gasteiger partial charge on any atom is 0.258 e. The second-order valence-electron chi connectivity index (χ2n) is 5.67. The number of furan rings is 1. The van der Waals surface area contributed by atoms with Gasteiger partial charge in [-0.2, -0.15) is 0 Å². The molecule has 1 aromatic carbocycles. The van der Waals surface area contributed by atoms with Crippen LogP contribution in [0.25, 0.3) is 0 Å². The molecule has 1 atom stereocenters. The average molecular weight is 330 g/mol. The lowest BCUT2D eigenvalue weighted by atomic mass is 10.1. The monoisotopic (exact) mass is 330 g/mol. The van der Waals surface area contributed by atoms with E-state index >= 15 is 0 Å². The van der Waals surface area contributed by atoms with Crippen LogP contribution < -0.4 is 10.1 Å². The van der Waals surface area contributed by atoms with Crippen LogP contribution in [0.3, 0.4) is 0 Å². The van der Waals surface area contributed by atoms with Crippen LogP contribution >= 0.6 is 0 Å². The summed E-state index contributed by atoms with van der Waals surface area (Å²) in [6.45, 7) is 1.79. The van der Waals surface area contributed by atoms with Crippen molar-refractivity contribution in [2.24, 2.45) is 0 Å². The molecule has 0 saturated carbocycles. The Labute approximate surface area is 141 Å². The molecular formula is C18H22N2O4. The van der Waals surface area contributed by atoms with E-state index in [4.69, 9.17) is 9.15 Å². The van der Waals surface area contributed by atoms with Crippen LogP contribution in [0.4, 0.5) is 0 Å². The number of nitrogens with zero attached hydrogens (tertiary/aromatic N) is 1. The predicted molar refractivity (Wildman–Crippen MR) is 90.1 cm³/mol. The van der Waals surface area contributed by atoms with Gasteiger partial charge in [-0.25, -0.2) is 0 Å². The van der Waals surface area contributed by atoms with Crippen molar-refractivity contribution in [3.05, 3.63) is 54.0 Å². The molecule has 0 bridgehead atoms. The molecule has 0 aliphatic rings. The fourth-order valence-corrected chi connectivity index (χ4v) is 2.23. The molecule has 24 heavy (non-hydrogen) atoms. The molecule has 1 heterocycles. The number of hydrogen-bond acceptors (Lipinski definition) is 5. The molecule has 1 N–H and O–H groups in total. The highest BCUT2D eigenvalue weighted by Gasteiger charge is 2.17. The van der Waals surface area contributed by atoms with E-state index < -0.39 is 0 Å². The number of benzene rings is 1. The summed E-state index contributed by atoms with van der Waals surface area (Å²) in [7, 11) is 3.84. The standard InChI is InChI=1S/C18H22N2O4/c1-13(21)14-6-4-7-15(10-14)24-12-18(22)19-11-16(20(2)3)17-8-5-9-23-17/h4-10,16H,11-12H2,1-3H3,(H,19,22). The van der Waals surface area contributed by atoms with E-state index in [-0.39, 0.29) is 24.3 Å².